The quantitative estimate of drug-likeness (QED) is 0.600. The summed E-state index contributed by atoms with van der Waals surface area (Å²) < 4.78 is 26.9. The maximum atomic E-state index is 12.9. The van der Waals surface area contributed by atoms with Crippen LogP contribution >= 0.6 is 0 Å². The number of amides is 1. The number of nitrogens with one attached hydrogen (secondary N) is 1. The second-order valence-corrected chi connectivity index (χ2v) is 9.15. The molecule has 0 saturated carbocycles. The minimum Gasteiger partial charge on any atom is -0.345 e. The molecule has 1 amide bonds. The normalized spacial score (nSPS) is 12.2. The Morgan fingerprint density at radius 3 is 2.10 bits per heavy atom. The Bertz CT molecular complexity index is 1090. The molecule has 1 atom stereocenters. The monoisotopic (exact) mass is 422 g/mol. The molecule has 6 heteroatoms. The van der Waals surface area contributed by atoms with Gasteiger partial charge in [-0.3, -0.25) is 9.10 Å². The van der Waals surface area contributed by atoms with Crippen molar-refractivity contribution < 1.29 is 13.2 Å². The van der Waals surface area contributed by atoms with Gasteiger partial charge in [-0.05, 0) is 55.3 Å². The number of sulfonamides is 1. The fourth-order valence-electron chi connectivity index (χ4n) is 3.18. The second kappa shape index (κ2) is 9.13. The van der Waals surface area contributed by atoms with E-state index in [-0.39, 0.29) is 16.8 Å². The van der Waals surface area contributed by atoms with Crippen molar-refractivity contribution in [3.8, 4) is 0 Å². The molecule has 0 unspecified atom stereocenters. The van der Waals surface area contributed by atoms with Crippen molar-refractivity contribution in [2.24, 2.45) is 0 Å². The molecular weight excluding hydrogens is 396 g/mol. The van der Waals surface area contributed by atoms with Crippen LogP contribution in [0.2, 0.25) is 0 Å². The van der Waals surface area contributed by atoms with E-state index in [2.05, 4.69) is 5.32 Å². The molecule has 0 saturated heterocycles. The van der Waals surface area contributed by atoms with Gasteiger partial charge in [0.05, 0.1) is 16.6 Å². The third-order valence-electron chi connectivity index (χ3n) is 5.09. The molecule has 0 aromatic heterocycles. The third kappa shape index (κ3) is 4.71. The van der Waals surface area contributed by atoms with E-state index in [1.54, 1.807) is 48.5 Å². The zero-order valence-electron chi connectivity index (χ0n) is 17.4. The van der Waals surface area contributed by atoms with E-state index in [0.29, 0.717) is 11.3 Å². The fourth-order valence-corrected chi connectivity index (χ4v) is 4.37. The van der Waals surface area contributed by atoms with Gasteiger partial charge < -0.3 is 5.32 Å². The molecule has 0 aliphatic heterocycles. The molecule has 156 valence electrons. The van der Waals surface area contributed by atoms with E-state index >= 15 is 0 Å². The van der Waals surface area contributed by atoms with Crippen LogP contribution in [0, 0.1) is 6.92 Å². The van der Waals surface area contributed by atoms with Gasteiger partial charge in [-0.25, -0.2) is 8.42 Å². The molecule has 1 N–H and O–H groups in total. The number of rotatable bonds is 7. The van der Waals surface area contributed by atoms with E-state index in [1.807, 2.05) is 44.2 Å². The second-order valence-electron chi connectivity index (χ2n) is 7.18. The van der Waals surface area contributed by atoms with E-state index in [9.17, 15) is 13.2 Å². The van der Waals surface area contributed by atoms with Crippen molar-refractivity contribution in [3.05, 3.63) is 95.6 Å². The van der Waals surface area contributed by atoms with Gasteiger partial charge in [-0.2, -0.15) is 0 Å². The zero-order valence-corrected chi connectivity index (χ0v) is 18.2. The van der Waals surface area contributed by atoms with Gasteiger partial charge in [-0.15, -0.1) is 0 Å². The highest BCUT2D eigenvalue weighted by atomic mass is 32.2. The van der Waals surface area contributed by atoms with Crippen LogP contribution in [0.1, 0.15) is 40.9 Å². The molecular formula is C24H26N2O3S. The Labute approximate surface area is 178 Å². The number of aryl methyl sites for hydroxylation is 1. The van der Waals surface area contributed by atoms with Crippen LogP contribution in [0.5, 0.6) is 0 Å². The lowest BCUT2D eigenvalue weighted by molar-refractivity contribution is 0.0935. The third-order valence-corrected chi connectivity index (χ3v) is 6.89. The first-order chi connectivity index (χ1) is 14.3. The largest absolute Gasteiger partial charge is 0.345 e. The minimum absolute atomic E-state index is 0.0806. The summed E-state index contributed by atoms with van der Waals surface area (Å²) in [5, 5.41) is 3.04. The zero-order chi connectivity index (χ0) is 21.7. The molecule has 3 rings (SSSR count). The maximum absolute atomic E-state index is 12.9. The summed E-state index contributed by atoms with van der Waals surface area (Å²) in [6.07, 6.45) is 0.769. The smallest absolute Gasteiger partial charge is 0.264 e. The SMILES string of the molecule is CC[C@H](NC(=O)c1ccc(N(C)S(=O)(=O)c2ccc(C)cc2)cc1)c1ccccc1. The Morgan fingerprint density at radius 2 is 1.53 bits per heavy atom. The van der Waals surface area contributed by atoms with Gasteiger partial charge in [0, 0.05) is 12.6 Å². The Morgan fingerprint density at radius 1 is 0.933 bits per heavy atom. The fraction of sp³-hybridized carbons (Fsp3) is 0.208. The van der Waals surface area contributed by atoms with Crippen molar-refractivity contribution in [1.82, 2.24) is 5.32 Å². The number of carbonyl (C=O) groups is 1. The first-order valence-corrected chi connectivity index (χ1v) is 11.3. The van der Waals surface area contributed by atoms with Crippen LogP contribution in [-0.4, -0.2) is 21.4 Å². The lowest BCUT2D eigenvalue weighted by atomic mass is 10.0. The highest BCUT2D eigenvalue weighted by molar-refractivity contribution is 7.92. The van der Waals surface area contributed by atoms with Gasteiger partial charge in [0.25, 0.3) is 15.9 Å². The standard InChI is InChI=1S/C24H26N2O3S/c1-4-23(19-8-6-5-7-9-19)25-24(27)20-12-14-21(15-13-20)26(3)30(28,29)22-16-10-18(2)11-17-22/h5-17,23H,4H2,1-3H3,(H,25,27)/t23-/m0/s1. The summed E-state index contributed by atoms with van der Waals surface area (Å²) in [7, 11) is -2.16. The van der Waals surface area contributed by atoms with Gasteiger partial charge in [-0.1, -0.05) is 55.0 Å². The highest BCUT2D eigenvalue weighted by Crippen LogP contribution is 2.23. The lowest BCUT2D eigenvalue weighted by Gasteiger charge is -2.20. The van der Waals surface area contributed by atoms with E-state index in [4.69, 9.17) is 0 Å². The molecule has 0 spiro atoms. The summed E-state index contributed by atoms with van der Waals surface area (Å²) in [5.41, 5.74) is 3.01. The summed E-state index contributed by atoms with van der Waals surface area (Å²) in [6, 6.07) is 23.0. The number of benzene rings is 3. The average molecular weight is 423 g/mol. The van der Waals surface area contributed by atoms with E-state index in [1.165, 1.54) is 11.4 Å². The van der Waals surface area contributed by atoms with Crippen molar-refractivity contribution in [2.45, 2.75) is 31.2 Å². The topological polar surface area (TPSA) is 66.5 Å². The minimum atomic E-state index is -3.67. The van der Waals surface area contributed by atoms with Gasteiger partial charge >= 0.3 is 0 Å². The summed E-state index contributed by atoms with van der Waals surface area (Å²) >= 11 is 0. The first-order valence-electron chi connectivity index (χ1n) is 9.84. The highest BCUT2D eigenvalue weighted by Gasteiger charge is 2.21. The predicted molar refractivity (Wildman–Crippen MR) is 120 cm³/mol. The van der Waals surface area contributed by atoms with Crippen molar-refractivity contribution in [1.29, 1.82) is 0 Å². The van der Waals surface area contributed by atoms with Crippen LogP contribution in [0.25, 0.3) is 0 Å². The predicted octanol–water partition coefficient (Wildman–Crippen LogP) is 4.70. The molecule has 3 aromatic carbocycles. The molecule has 0 fully saturated rings. The Balaban J connectivity index is 1.75. The lowest BCUT2D eigenvalue weighted by Crippen LogP contribution is -2.28. The Kier molecular flexibility index (Phi) is 6.57. The van der Waals surface area contributed by atoms with Crippen molar-refractivity contribution >= 4 is 21.6 Å². The molecule has 30 heavy (non-hydrogen) atoms. The molecule has 0 aliphatic rings. The molecule has 0 radical (unpaired) electrons. The number of hydrogen-bond donors (Lipinski definition) is 1. The number of anilines is 1. The van der Waals surface area contributed by atoms with Crippen molar-refractivity contribution in [2.75, 3.05) is 11.4 Å². The van der Waals surface area contributed by atoms with E-state index in [0.717, 1.165) is 17.5 Å². The number of carbonyl (C=O) groups excluding carboxylic acids is 1. The van der Waals surface area contributed by atoms with Crippen molar-refractivity contribution in [3.63, 3.8) is 0 Å². The van der Waals surface area contributed by atoms with Gasteiger partial charge in [0.15, 0.2) is 0 Å². The van der Waals surface area contributed by atoms with Gasteiger partial charge in [0.2, 0.25) is 0 Å². The Hall–Kier alpha value is -3.12. The van der Waals surface area contributed by atoms with Crippen LogP contribution in [0.3, 0.4) is 0 Å². The summed E-state index contributed by atoms with van der Waals surface area (Å²) in [5.74, 6) is -0.193. The van der Waals surface area contributed by atoms with Crippen LogP contribution in [0.15, 0.2) is 83.8 Å². The average Bonchev–Trinajstić information content (AvgIpc) is 2.77. The number of nitrogens with zero attached hydrogens (tertiary/aromatic N) is 1. The molecule has 0 aliphatic carbocycles. The molecule has 0 bridgehead atoms. The molecule has 5 nitrogen and oxygen atoms in total. The van der Waals surface area contributed by atoms with Crippen LogP contribution < -0.4 is 9.62 Å². The van der Waals surface area contributed by atoms with Gasteiger partial charge in [0.1, 0.15) is 0 Å². The van der Waals surface area contributed by atoms with Crippen LogP contribution in [-0.2, 0) is 10.0 Å². The summed E-state index contributed by atoms with van der Waals surface area (Å²) in [4.78, 5) is 12.9. The maximum Gasteiger partial charge on any atom is 0.264 e. The molecule has 0 heterocycles. The van der Waals surface area contributed by atoms with E-state index < -0.39 is 10.0 Å². The van der Waals surface area contributed by atoms with Crippen LogP contribution in [0.4, 0.5) is 5.69 Å². The molecule has 3 aromatic rings. The first kappa shape index (κ1) is 21.6. The summed E-state index contributed by atoms with van der Waals surface area (Å²) in [6.45, 7) is 3.93. The number of hydrogen-bond acceptors (Lipinski definition) is 3.